The molecule has 1 aliphatic heterocycles. The molecule has 0 spiro atoms. The maximum absolute atomic E-state index is 12.4. The van der Waals surface area contributed by atoms with Crippen LogP contribution in [0.15, 0.2) is 78.9 Å². The van der Waals surface area contributed by atoms with Gasteiger partial charge in [-0.05, 0) is 77.9 Å². The van der Waals surface area contributed by atoms with E-state index >= 15 is 0 Å². The van der Waals surface area contributed by atoms with Crippen LogP contribution >= 0.6 is 11.6 Å². The van der Waals surface area contributed by atoms with E-state index in [-0.39, 0.29) is 11.8 Å². The average molecular weight is 502 g/mol. The first kappa shape index (κ1) is 25.7. The normalized spacial score (nSPS) is 14.2. The molecule has 1 fully saturated rings. The molecule has 1 aliphatic rings. The van der Waals surface area contributed by atoms with Crippen LogP contribution in [-0.2, 0) is 16.1 Å². The predicted molar refractivity (Wildman–Crippen MR) is 148 cm³/mol. The van der Waals surface area contributed by atoms with Crippen LogP contribution in [-0.4, -0.2) is 36.3 Å². The van der Waals surface area contributed by atoms with Gasteiger partial charge in [-0.2, -0.15) is 0 Å². The highest BCUT2D eigenvalue weighted by Gasteiger charge is 2.20. The predicted octanol–water partition coefficient (Wildman–Crippen LogP) is 6.01. The summed E-state index contributed by atoms with van der Waals surface area (Å²) >= 11 is 5.96. The Hall–Kier alpha value is -3.41. The van der Waals surface area contributed by atoms with Crippen molar-refractivity contribution in [1.82, 2.24) is 10.2 Å². The van der Waals surface area contributed by atoms with Crippen LogP contribution in [0.25, 0.3) is 17.2 Å². The third-order valence-corrected chi connectivity index (χ3v) is 6.81. The Morgan fingerprint density at radius 2 is 1.53 bits per heavy atom. The fraction of sp³-hybridized carbons (Fsp3) is 0.267. The molecule has 0 unspecified atom stereocenters. The zero-order valence-electron chi connectivity index (χ0n) is 20.5. The van der Waals surface area contributed by atoms with Gasteiger partial charge in [-0.15, -0.1) is 0 Å². The van der Waals surface area contributed by atoms with Crippen LogP contribution in [0.4, 0.5) is 5.69 Å². The number of carbonyl (C=O) groups excluding carboxylic acids is 2. The Balaban J connectivity index is 1.20. The van der Waals surface area contributed by atoms with Gasteiger partial charge in [0.2, 0.25) is 11.8 Å². The fourth-order valence-corrected chi connectivity index (χ4v) is 4.49. The molecular weight excluding hydrogens is 470 g/mol. The second kappa shape index (κ2) is 12.5. The van der Waals surface area contributed by atoms with E-state index in [2.05, 4.69) is 22.8 Å². The van der Waals surface area contributed by atoms with Gasteiger partial charge in [0, 0.05) is 43.3 Å². The summed E-state index contributed by atoms with van der Waals surface area (Å²) in [4.78, 5) is 25.7. The molecule has 0 bridgehead atoms. The number of likely N-dealkylation sites (tertiary alicyclic amines) is 1. The molecule has 2 amide bonds. The second-order valence-electron chi connectivity index (χ2n) is 9.23. The molecule has 1 heterocycles. The Morgan fingerprint density at radius 1 is 0.917 bits per heavy atom. The molecule has 3 aromatic carbocycles. The lowest BCUT2D eigenvalue weighted by Crippen LogP contribution is -2.39. The van der Waals surface area contributed by atoms with Crippen molar-refractivity contribution in [2.75, 3.05) is 25.0 Å². The lowest BCUT2D eigenvalue weighted by Gasteiger charge is -2.31. The zero-order chi connectivity index (χ0) is 25.3. The minimum absolute atomic E-state index is 0.171. The quantitative estimate of drug-likeness (QED) is 0.372. The summed E-state index contributed by atoms with van der Waals surface area (Å²) in [7, 11) is 0. The SMILES string of the molecule is CC(=O)N1CCC(CNCc2ccc(C=CC(=O)Nc3ccc(-c4ccc(Cl)cc4)cc3)cc2)CC1. The van der Waals surface area contributed by atoms with Crippen LogP contribution < -0.4 is 10.6 Å². The number of anilines is 1. The molecule has 3 aromatic rings. The van der Waals surface area contributed by atoms with Gasteiger partial charge in [0.25, 0.3) is 0 Å². The Kier molecular flexibility index (Phi) is 8.93. The monoisotopic (exact) mass is 501 g/mol. The number of rotatable bonds is 8. The van der Waals surface area contributed by atoms with Crippen molar-refractivity contribution in [3.05, 3.63) is 95.0 Å². The lowest BCUT2D eigenvalue weighted by atomic mass is 9.96. The first-order valence-corrected chi connectivity index (χ1v) is 12.7. The van der Waals surface area contributed by atoms with Gasteiger partial charge in [0.05, 0.1) is 0 Å². The maximum atomic E-state index is 12.4. The molecule has 4 rings (SSSR count). The van der Waals surface area contributed by atoms with Gasteiger partial charge >= 0.3 is 0 Å². The van der Waals surface area contributed by atoms with E-state index in [0.717, 1.165) is 61.4 Å². The molecule has 6 heteroatoms. The number of nitrogens with zero attached hydrogens (tertiary/aromatic N) is 1. The maximum Gasteiger partial charge on any atom is 0.248 e. The van der Waals surface area contributed by atoms with E-state index in [1.165, 1.54) is 5.56 Å². The Bertz CT molecular complexity index is 1180. The molecule has 0 aliphatic carbocycles. The summed E-state index contributed by atoms with van der Waals surface area (Å²) in [5, 5.41) is 7.15. The largest absolute Gasteiger partial charge is 0.343 e. The molecule has 36 heavy (non-hydrogen) atoms. The minimum atomic E-state index is -0.171. The van der Waals surface area contributed by atoms with E-state index in [0.29, 0.717) is 10.9 Å². The highest BCUT2D eigenvalue weighted by atomic mass is 35.5. The summed E-state index contributed by atoms with van der Waals surface area (Å²) in [5.41, 5.74) is 5.07. The number of nitrogens with one attached hydrogen (secondary N) is 2. The third-order valence-electron chi connectivity index (χ3n) is 6.56. The van der Waals surface area contributed by atoms with Crippen molar-refractivity contribution >= 4 is 35.2 Å². The third kappa shape index (κ3) is 7.54. The molecule has 0 radical (unpaired) electrons. The molecule has 1 saturated heterocycles. The molecule has 186 valence electrons. The number of hydrogen-bond donors (Lipinski definition) is 2. The summed E-state index contributed by atoms with van der Waals surface area (Å²) in [6.45, 7) is 5.15. The zero-order valence-corrected chi connectivity index (χ0v) is 21.3. The van der Waals surface area contributed by atoms with Crippen molar-refractivity contribution in [2.24, 2.45) is 5.92 Å². The van der Waals surface area contributed by atoms with Gasteiger partial charge in [0.15, 0.2) is 0 Å². The molecular formula is C30H32ClN3O2. The van der Waals surface area contributed by atoms with Crippen molar-refractivity contribution in [1.29, 1.82) is 0 Å². The van der Waals surface area contributed by atoms with Crippen molar-refractivity contribution in [3.63, 3.8) is 0 Å². The first-order valence-electron chi connectivity index (χ1n) is 12.4. The van der Waals surface area contributed by atoms with Gasteiger partial charge in [-0.3, -0.25) is 9.59 Å². The standard InChI is InChI=1S/C30H32ClN3O2/c1-22(35)34-18-16-25(17-19-34)21-32-20-24-4-2-23(3-5-24)6-15-30(36)33-29-13-9-27(10-14-29)26-7-11-28(31)12-8-26/h2-15,25,32H,16-21H2,1H3,(H,33,36). The number of benzene rings is 3. The van der Waals surface area contributed by atoms with Crippen LogP contribution in [0.2, 0.25) is 5.02 Å². The summed E-state index contributed by atoms with van der Waals surface area (Å²) < 4.78 is 0. The molecule has 0 saturated carbocycles. The second-order valence-corrected chi connectivity index (χ2v) is 9.67. The van der Waals surface area contributed by atoms with Gasteiger partial charge in [-0.1, -0.05) is 60.1 Å². The van der Waals surface area contributed by atoms with Crippen molar-refractivity contribution in [2.45, 2.75) is 26.3 Å². The highest BCUT2D eigenvalue weighted by Crippen LogP contribution is 2.23. The number of hydrogen-bond acceptors (Lipinski definition) is 3. The summed E-state index contributed by atoms with van der Waals surface area (Å²) in [6.07, 6.45) is 5.49. The van der Waals surface area contributed by atoms with E-state index in [1.807, 2.05) is 71.6 Å². The Morgan fingerprint density at radius 3 is 2.14 bits per heavy atom. The van der Waals surface area contributed by atoms with Crippen molar-refractivity contribution in [3.8, 4) is 11.1 Å². The van der Waals surface area contributed by atoms with E-state index in [1.54, 1.807) is 13.0 Å². The van der Waals surface area contributed by atoms with Gasteiger partial charge in [-0.25, -0.2) is 0 Å². The van der Waals surface area contributed by atoms with Gasteiger partial charge in [0.1, 0.15) is 0 Å². The number of piperidine rings is 1. The van der Waals surface area contributed by atoms with Crippen LogP contribution in [0.3, 0.4) is 0 Å². The van der Waals surface area contributed by atoms with Crippen LogP contribution in [0.1, 0.15) is 30.9 Å². The van der Waals surface area contributed by atoms with Gasteiger partial charge < -0.3 is 15.5 Å². The first-order chi connectivity index (χ1) is 17.5. The topological polar surface area (TPSA) is 61.4 Å². The minimum Gasteiger partial charge on any atom is -0.343 e. The fourth-order valence-electron chi connectivity index (χ4n) is 4.36. The van der Waals surface area contributed by atoms with E-state index in [4.69, 9.17) is 11.6 Å². The van der Waals surface area contributed by atoms with Crippen LogP contribution in [0, 0.1) is 5.92 Å². The van der Waals surface area contributed by atoms with Crippen LogP contribution in [0.5, 0.6) is 0 Å². The number of halogens is 1. The summed E-state index contributed by atoms with van der Waals surface area (Å²) in [5.74, 6) is 0.627. The highest BCUT2D eigenvalue weighted by molar-refractivity contribution is 6.30. The number of amides is 2. The Labute approximate surface area is 218 Å². The lowest BCUT2D eigenvalue weighted by molar-refractivity contribution is -0.130. The molecule has 0 atom stereocenters. The number of carbonyl (C=O) groups is 2. The van der Waals surface area contributed by atoms with E-state index in [9.17, 15) is 9.59 Å². The summed E-state index contributed by atoms with van der Waals surface area (Å²) in [6, 6.07) is 23.6. The average Bonchev–Trinajstić information content (AvgIpc) is 2.89. The van der Waals surface area contributed by atoms with E-state index < -0.39 is 0 Å². The molecule has 2 N–H and O–H groups in total. The van der Waals surface area contributed by atoms with Crippen molar-refractivity contribution < 1.29 is 9.59 Å². The molecule has 5 nitrogen and oxygen atoms in total. The molecule has 0 aromatic heterocycles. The smallest absolute Gasteiger partial charge is 0.248 e.